The normalized spacial score (nSPS) is 10.5. The second kappa shape index (κ2) is 6.86. The molecule has 2 N–H and O–H groups in total. The van der Waals surface area contributed by atoms with Crippen LogP contribution in [0.4, 0.5) is 5.82 Å². The van der Waals surface area contributed by atoms with Crippen LogP contribution in [0.5, 0.6) is 0 Å². The van der Waals surface area contributed by atoms with Gasteiger partial charge in [0, 0.05) is 25.5 Å². The first-order valence-corrected chi connectivity index (χ1v) is 6.72. The van der Waals surface area contributed by atoms with E-state index in [4.69, 9.17) is 5.11 Å². The van der Waals surface area contributed by atoms with Gasteiger partial charge in [-0.15, -0.1) is 0 Å². The van der Waals surface area contributed by atoms with E-state index in [9.17, 15) is 4.79 Å². The first-order valence-electron chi connectivity index (χ1n) is 6.72. The van der Waals surface area contributed by atoms with Gasteiger partial charge in [-0.3, -0.25) is 4.79 Å². The highest BCUT2D eigenvalue weighted by Gasteiger charge is 2.04. The lowest BCUT2D eigenvalue weighted by atomic mass is 10.1. The Balaban J connectivity index is 2.10. The van der Waals surface area contributed by atoms with Crippen molar-refractivity contribution in [2.75, 3.05) is 5.32 Å². The second-order valence-electron chi connectivity index (χ2n) is 4.61. The standard InChI is InChI=1S/C15H19N3O2/c1-2-7-18-8-6-16-14(15(18)20)17-10-12-4-3-5-13(9-12)11-19/h3-6,8-9,19H,2,7,10-11H2,1H3,(H,16,17). The fourth-order valence-electron chi connectivity index (χ4n) is 2.01. The van der Waals surface area contributed by atoms with Crippen LogP contribution in [0.3, 0.4) is 0 Å². The summed E-state index contributed by atoms with van der Waals surface area (Å²) in [6.07, 6.45) is 4.23. The van der Waals surface area contributed by atoms with Gasteiger partial charge in [0.05, 0.1) is 6.61 Å². The summed E-state index contributed by atoms with van der Waals surface area (Å²) in [6, 6.07) is 7.59. The van der Waals surface area contributed by atoms with Crippen LogP contribution in [-0.4, -0.2) is 14.7 Å². The molecule has 5 nitrogen and oxygen atoms in total. The van der Waals surface area contributed by atoms with Crippen molar-refractivity contribution in [3.63, 3.8) is 0 Å². The Hall–Kier alpha value is -2.14. The molecular weight excluding hydrogens is 254 g/mol. The van der Waals surface area contributed by atoms with Crippen LogP contribution < -0.4 is 10.9 Å². The molecule has 20 heavy (non-hydrogen) atoms. The zero-order valence-electron chi connectivity index (χ0n) is 11.5. The number of benzene rings is 1. The molecule has 0 amide bonds. The zero-order valence-corrected chi connectivity index (χ0v) is 11.5. The van der Waals surface area contributed by atoms with Crippen molar-refractivity contribution < 1.29 is 5.11 Å². The molecule has 0 aliphatic heterocycles. The third-order valence-electron chi connectivity index (χ3n) is 3.01. The Morgan fingerprint density at radius 2 is 2.15 bits per heavy atom. The highest BCUT2D eigenvalue weighted by Crippen LogP contribution is 2.07. The minimum Gasteiger partial charge on any atom is -0.392 e. The number of anilines is 1. The maximum Gasteiger partial charge on any atom is 0.293 e. The summed E-state index contributed by atoms with van der Waals surface area (Å²) in [6.45, 7) is 3.24. The van der Waals surface area contributed by atoms with Gasteiger partial charge in [-0.2, -0.15) is 0 Å². The van der Waals surface area contributed by atoms with Crippen LogP contribution in [0.25, 0.3) is 0 Å². The Labute approximate surface area is 117 Å². The summed E-state index contributed by atoms with van der Waals surface area (Å²) in [5.74, 6) is 0.357. The highest BCUT2D eigenvalue weighted by atomic mass is 16.3. The molecule has 5 heteroatoms. The fourth-order valence-corrected chi connectivity index (χ4v) is 2.01. The number of aliphatic hydroxyl groups is 1. The van der Waals surface area contributed by atoms with Crippen molar-refractivity contribution in [3.8, 4) is 0 Å². The first-order chi connectivity index (χ1) is 9.74. The molecular formula is C15H19N3O2. The zero-order chi connectivity index (χ0) is 14.4. The van der Waals surface area contributed by atoms with E-state index in [0.717, 1.165) is 17.5 Å². The van der Waals surface area contributed by atoms with E-state index < -0.39 is 0 Å². The number of hydrogen-bond donors (Lipinski definition) is 2. The number of aryl methyl sites for hydroxylation is 1. The molecule has 0 saturated carbocycles. The lowest BCUT2D eigenvalue weighted by Gasteiger charge is -2.09. The van der Waals surface area contributed by atoms with Gasteiger partial charge < -0.3 is 15.0 Å². The van der Waals surface area contributed by atoms with Gasteiger partial charge in [0.1, 0.15) is 0 Å². The number of rotatable bonds is 6. The average Bonchev–Trinajstić information content (AvgIpc) is 2.48. The number of nitrogens with one attached hydrogen (secondary N) is 1. The molecule has 0 atom stereocenters. The molecule has 0 aliphatic carbocycles. The Kier molecular flexibility index (Phi) is 4.90. The summed E-state index contributed by atoms with van der Waals surface area (Å²) in [5, 5.41) is 12.2. The predicted octanol–water partition coefficient (Wildman–Crippen LogP) is 1.76. The molecule has 0 saturated heterocycles. The smallest absolute Gasteiger partial charge is 0.293 e. The van der Waals surface area contributed by atoms with Crippen LogP contribution in [0.1, 0.15) is 24.5 Å². The third-order valence-corrected chi connectivity index (χ3v) is 3.01. The molecule has 0 aliphatic rings. The molecule has 1 heterocycles. The quantitative estimate of drug-likeness (QED) is 0.841. The van der Waals surface area contributed by atoms with E-state index in [-0.39, 0.29) is 12.2 Å². The van der Waals surface area contributed by atoms with Crippen molar-refractivity contribution in [1.82, 2.24) is 9.55 Å². The van der Waals surface area contributed by atoms with E-state index in [2.05, 4.69) is 10.3 Å². The van der Waals surface area contributed by atoms with Crippen molar-refractivity contribution in [2.45, 2.75) is 33.0 Å². The summed E-state index contributed by atoms with van der Waals surface area (Å²) in [4.78, 5) is 16.2. The highest BCUT2D eigenvalue weighted by molar-refractivity contribution is 5.33. The van der Waals surface area contributed by atoms with Gasteiger partial charge in [0.2, 0.25) is 0 Å². The summed E-state index contributed by atoms with van der Waals surface area (Å²) in [5.41, 5.74) is 1.75. The largest absolute Gasteiger partial charge is 0.392 e. The number of hydrogen-bond acceptors (Lipinski definition) is 4. The van der Waals surface area contributed by atoms with Gasteiger partial charge in [-0.25, -0.2) is 4.98 Å². The number of aromatic nitrogens is 2. The van der Waals surface area contributed by atoms with E-state index in [1.54, 1.807) is 17.0 Å². The Morgan fingerprint density at radius 1 is 1.35 bits per heavy atom. The van der Waals surface area contributed by atoms with Gasteiger partial charge in [0.15, 0.2) is 5.82 Å². The SMILES string of the molecule is CCCn1ccnc(NCc2cccc(CO)c2)c1=O. The van der Waals surface area contributed by atoms with Crippen LogP contribution in [0, 0.1) is 0 Å². The van der Waals surface area contributed by atoms with Crippen LogP contribution in [0.15, 0.2) is 41.5 Å². The Bertz CT molecular complexity index is 623. The second-order valence-corrected chi connectivity index (χ2v) is 4.61. The van der Waals surface area contributed by atoms with Crippen molar-refractivity contribution in [2.24, 2.45) is 0 Å². The van der Waals surface area contributed by atoms with E-state index >= 15 is 0 Å². The number of nitrogens with zero attached hydrogens (tertiary/aromatic N) is 2. The van der Waals surface area contributed by atoms with E-state index in [0.29, 0.717) is 18.9 Å². The minimum atomic E-state index is -0.104. The molecule has 2 rings (SSSR count). The van der Waals surface area contributed by atoms with Gasteiger partial charge >= 0.3 is 0 Å². The first kappa shape index (κ1) is 14.3. The maximum absolute atomic E-state index is 12.1. The van der Waals surface area contributed by atoms with Crippen molar-refractivity contribution in [1.29, 1.82) is 0 Å². The van der Waals surface area contributed by atoms with Gasteiger partial charge in [-0.1, -0.05) is 31.2 Å². The Morgan fingerprint density at radius 3 is 2.90 bits per heavy atom. The summed E-state index contributed by atoms with van der Waals surface area (Å²) in [7, 11) is 0. The third kappa shape index (κ3) is 3.45. The molecule has 2 aromatic rings. The van der Waals surface area contributed by atoms with Crippen LogP contribution in [-0.2, 0) is 19.7 Å². The van der Waals surface area contributed by atoms with Crippen molar-refractivity contribution in [3.05, 3.63) is 58.1 Å². The summed E-state index contributed by atoms with van der Waals surface area (Å²) >= 11 is 0. The maximum atomic E-state index is 12.1. The predicted molar refractivity (Wildman–Crippen MR) is 78.5 cm³/mol. The van der Waals surface area contributed by atoms with E-state index in [1.165, 1.54) is 0 Å². The molecule has 1 aromatic carbocycles. The molecule has 0 radical (unpaired) electrons. The molecule has 106 valence electrons. The molecule has 0 spiro atoms. The molecule has 1 aromatic heterocycles. The molecule has 0 fully saturated rings. The van der Waals surface area contributed by atoms with Gasteiger partial charge in [0.25, 0.3) is 5.56 Å². The molecule has 0 bridgehead atoms. The minimum absolute atomic E-state index is 0.0146. The fraction of sp³-hybridized carbons (Fsp3) is 0.333. The topological polar surface area (TPSA) is 67.2 Å². The molecule has 0 unspecified atom stereocenters. The van der Waals surface area contributed by atoms with Crippen LogP contribution >= 0.6 is 0 Å². The monoisotopic (exact) mass is 273 g/mol. The van der Waals surface area contributed by atoms with Gasteiger partial charge in [-0.05, 0) is 17.5 Å². The van der Waals surface area contributed by atoms with Crippen molar-refractivity contribution >= 4 is 5.82 Å². The summed E-state index contributed by atoms with van der Waals surface area (Å²) < 4.78 is 1.65. The number of aliphatic hydroxyl groups excluding tert-OH is 1. The average molecular weight is 273 g/mol. The lowest BCUT2D eigenvalue weighted by Crippen LogP contribution is -2.24. The lowest BCUT2D eigenvalue weighted by molar-refractivity contribution is 0.281. The van der Waals surface area contributed by atoms with Crippen LogP contribution in [0.2, 0.25) is 0 Å². The van der Waals surface area contributed by atoms with E-state index in [1.807, 2.05) is 31.2 Å².